The van der Waals surface area contributed by atoms with Crippen molar-refractivity contribution in [2.24, 2.45) is 0 Å². The fraction of sp³-hybridized carbons (Fsp3) is 0.731. The monoisotopic (exact) mass is 539 g/mol. The van der Waals surface area contributed by atoms with Gasteiger partial charge in [-0.25, -0.2) is 0 Å². The predicted molar refractivity (Wildman–Crippen MR) is 138 cm³/mol. The van der Waals surface area contributed by atoms with E-state index in [4.69, 9.17) is 17.0 Å². The molecule has 0 aliphatic carbocycles. The van der Waals surface area contributed by atoms with Crippen molar-refractivity contribution in [3.05, 3.63) is 35.9 Å². The first-order chi connectivity index (χ1) is 14.6. The first-order valence-electron chi connectivity index (χ1n) is 12.6. The predicted octanol–water partition coefficient (Wildman–Crippen LogP) is 7.77. The van der Waals surface area contributed by atoms with Crippen molar-refractivity contribution < 1.29 is 4.74 Å². The molecule has 1 saturated heterocycles. The Morgan fingerprint density at radius 3 is 1.97 bits per heavy atom. The number of ether oxygens (including phenoxy) is 1. The molecule has 1 aliphatic rings. The minimum atomic E-state index is -2.54. The van der Waals surface area contributed by atoms with E-state index >= 15 is 0 Å². The number of aryl methyl sites for hydroxylation is 1. The Balaban J connectivity index is 2.25. The molecule has 30 heavy (non-hydrogen) atoms. The van der Waals surface area contributed by atoms with Crippen LogP contribution in [0.4, 0.5) is 0 Å². The molecule has 1 aromatic carbocycles. The fourth-order valence-corrected chi connectivity index (χ4v) is 22.7. The number of benzene rings is 1. The average molecular weight is 538 g/mol. The van der Waals surface area contributed by atoms with E-state index in [0.717, 1.165) is 31.1 Å². The third-order valence-electron chi connectivity index (χ3n) is 6.91. The molecule has 4 heteroatoms. The van der Waals surface area contributed by atoms with Crippen LogP contribution >= 0.6 is 12.2 Å². The summed E-state index contributed by atoms with van der Waals surface area (Å²) in [6, 6.07) is 11.0. The van der Waals surface area contributed by atoms with Crippen molar-refractivity contribution in [1.29, 1.82) is 0 Å². The number of nitrogens with zero attached hydrogens (tertiary/aromatic N) is 1. The van der Waals surface area contributed by atoms with Crippen LogP contribution in [-0.2, 0) is 11.2 Å². The summed E-state index contributed by atoms with van der Waals surface area (Å²) in [6.07, 6.45) is 12.9. The van der Waals surface area contributed by atoms with Crippen molar-refractivity contribution in [3.8, 4) is 0 Å². The molecule has 1 fully saturated rings. The number of thiocarbonyl (C=S) groups is 1. The van der Waals surface area contributed by atoms with E-state index in [1.165, 1.54) is 70.2 Å². The summed E-state index contributed by atoms with van der Waals surface area (Å²) in [6.45, 7) is 9.23. The molecule has 0 spiro atoms. The van der Waals surface area contributed by atoms with Gasteiger partial charge in [-0.05, 0) is 0 Å². The number of hydrogen-bond donors (Lipinski definition) is 0. The molecule has 1 aliphatic heterocycles. The van der Waals surface area contributed by atoms with Gasteiger partial charge < -0.3 is 0 Å². The molecule has 1 unspecified atom stereocenters. The topological polar surface area (TPSA) is 12.5 Å². The summed E-state index contributed by atoms with van der Waals surface area (Å²) in [5.74, 6) is 0. The molecule has 2 nitrogen and oxygen atoms in total. The van der Waals surface area contributed by atoms with Gasteiger partial charge in [-0.15, -0.1) is 0 Å². The third-order valence-corrected chi connectivity index (χ3v) is 23.9. The zero-order chi connectivity index (χ0) is 21.7. The average Bonchev–Trinajstić information content (AvgIpc) is 3.32. The van der Waals surface area contributed by atoms with E-state index in [9.17, 15) is 0 Å². The molecule has 2 rings (SSSR count). The van der Waals surface area contributed by atoms with Gasteiger partial charge in [0, 0.05) is 0 Å². The Labute approximate surface area is 196 Å². The Morgan fingerprint density at radius 2 is 1.47 bits per heavy atom. The normalized spacial score (nSPS) is 15.4. The summed E-state index contributed by atoms with van der Waals surface area (Å²) in [7, 11) is 0. The summed E-state index contributed by atoms with van der Waals surface area (Å²) < 4.78 is 11.7. The standard InChI is InChI=1S/C14H18NOS.3C4H9.Sn/c17-14(15-10-4-5-11-15)16-12-6-9-13-7-2-1-3-8-13;3*1-3-4-2;/h1-3,7-8,12H,4-6,9-11H2;3*1,3-4H2,2H3;. The van der Waals surface area contributed by atoms with E-state index in [1.807, 2.05) is 0 Å². The van der Waals surface area contributed by atoms with Crippen molar-refractivity contribution in [1.82, 2.24) is 4.90 Å². The maximum atomic E-state index is 6.86. The van der Waals surface area contributed by atoms with Gasteiger partial charge in [-0.1, -0.05) is 0 Å². The van der Waals surface area contributed by atoms with Gasteiger partial charge in [0.25, 0.3) is 0 Å². The second-order valence-corrected chi connectivity index (χ2v) is 23.5. The van der Waals surface area contributed by atoms with Crippen LogP contribution in [0.25, 0.3) is 0 Å². The number of rotatable bonds is 14. The van der Waals surface area contributed by atoms with Crippen LogP contribution in [0.1, 0.15) is 84.1 Å². The van der Waals surface area contributed by atoms with Crippen molar-refractivity contribution >= 4 is 35.8 Å². The van der Waals surface area contributed by atoms with Gasteiger partial charge in [-0.2, -0.15) is 0 Å². The molecule has 0 saturated carbocycles. The van der Waals surface area contributed by atoms with Crippen LogP contribution < -0.4 is 0 Å². The van der Waals surface area contributed by atoms with E-state index in [-0.39, 0.29) is 0 Å². The Kier molecular flexibility index (Phi) is 12.7. The van der Waals surface area contributed by atoms with Crippen LogP contribution in [0.3, 0.4) is 0 Å². The van der Waals surface area contributed by atoms with Gasteiger partial charge >= 0.3 is 197 Å². The van der Waals surface area contributed by atoms with Crippen LogP contribution in [0.5, 0.6) is 0 Å². The van der Waals surface area contributed by atoms with E-state index in [1.54, 1.807) is 0 Å². The Morgan fingerprint density at radius 1 is 0.933 bits per heavy atom. The van der Waals surface area contributed by atoms with Crippen LogP contribution in [-0.4, -0.2) is 45.7 Å². The zero-order valence-electron chi connectivity index (χ0n) is 19.8. The van der Waals surface area contributed by atoms with Gasteiger partial charge in [0.2, 0.25) is 0 Å². The Bertz CT molecular complexity index is 566. The molecule has 0 aromatic heterocycles. The summed E-state index contributed by atoms with van der Waals surface area (Å²) >= 11 is 3.33. The van der Waals surface area contributed by atoms with Crippen molar-refractivity contribution in [2.45, 2.75) is 102 Å². The molecule has 1 heterocycles. The van der Waals surface area contributed by atoms with E-state index in [0.29, 0.717) is 4.12 Å². The maximum absolute atomic E-state index is 6.86. The van der Waals surface area contributed by atoms with E-state index < -0.39 is 18.4 Å². The molecule has 170 valence electrons. The van der Waals surface area contributed by atoms with Crippen LogP contribution in [0, 0.1) is 0 Å². The SMILES string of the molecule is CCC[CH2][Sn]([CH2]CCC)([CH2]CCC)[CH](CCc1ccccc1)OC(=S)N1CCCC1. The molecule has 0 bridgehead atoms. The third kappa shape index (κ3) is 8.33. The first-order valence-corrected chi connectivity index (χ1v) is 20.8. The van der Waals surface area contributed by atoms with E-state index in [2.05, 4.69) is 56.0 Å². The fourth-order valence-electron chi connectivity index (χ4n) is 4.97. The second-order valence-electron chi connectivity index (χ2n) is 9.26. The van der Waals surface area contributed by atoms with Crippen LogP contribution in [0.15, 0.2) is 30.3 Å². The summed E-state index contributed by atoms with van der Waals surface area (Å²) in [5.41, 5.74) is 1.44. The number of likely N-dealkylation sites (tertiary alicyclic amines) is 1. The number of unbranched alkanes of at least 4 members (excludes halogenated alkanes) is 3. The molecular weight excluding hydrogens is 493 g/mol. The van der Waals surface area contributed by atoms with Gasteiger partial charge in [0.15, 0.2) is 0 Å². The van der Waals surface area contributed by atoms with Gasteiger partial charge in [0.05, 0.1) is 0 Å². The first kappa shape index (κ1) is 26.0. The van der Waals surface area contributed by atoms with Gasteiger partial charge in [-0.3, -0.25) is 0 Å². The molecule has 1 aromatic rings. The zero-order valence-corrected chi connectivity index (χ0v) is 23.5. The second kappa shape index (κ2) is 14.7. The molecule has 0 N–H and O–H groups in total. The van der Waals surface area contributed by atoms with Crippen molar-refractivity contribution in [3.63, 3.8) is 0 Å². The van der Waals surface area contributed by atoms with Gasteiger partial charge in [0.1, 0.15) is 0 Å². The summed E-state index contributed by atoms with van der Waals surface area (Å²) in [5, 5.41) is 0.816. The summed E-state index contributed by atoms with van der Waals surface area (Å²) in [4.78, 5) is 2.33. The molecule has 1 atom stereocenters. The molecule has 0 radical (unpaired) electrons. The van der Waals surface area contributed by atoms with Crippen molar-refractivity contribution in [2.75, 3.05) is 13.1 Å². The number of hydrogen-bond acceptors (Lipinski definition) is 2. The minimum absolute atomic E-state index is 0.428. The van der Waals surface area contributed by atoms with Crippen LogP contribution in [0.2, 0.25) is 13.3 Å². The Hall–Kier alpha value is -0.291. The molecule has 0 amide bonds. The quantitative estimate of drug-likeness (QED) is 0.177. The molecular formula is C26H45NOSSn.